The average Bonchev–Trinajstić information content (AvgIpc) is 3.05. The van der Waals surface area contributed by atoms with E-state index in [0.717, 1.165) is 11.4 Å². The molecule has 0 bridgehead atoms. The van der Waals surface area contributed by atoms with E-state index < -0.39 is 0 Å². The smallest absolute Gasteiger partial charge is 0.247 e. The van der Waals surface area contributed by atoms with Crippen LogP contribution in [0.5, 0.6) is 0 Å². The summed E-state index contributed by atoms with van der Waals surface area (Å²) in [5.41, 5.74) is 4.27. The molecule has 0 spiro atoms. The van der Waals surface area contributed by atoms with Crippen molar-refractivity contribution in [2.45, 2.75) is 33.9 Å². The first kappa shape index (κ1) is 16.0. The summed E-state index contributed by atoms with van der Waals surface area (Å²) < 4.78 is 3.50. The Bertz CT molecular complexity index is 862. The van der Waals surface area contributed by atoms with Gasteiger partial charge < -0.3 is 5.32 Å². The van der Waals surface area contributed by atoms with Crippen molar-refractivity contribution in [1.82, 2.24) is 19.6 Å². The highest BCUT2D eigenvalue weighted by Gasteiger charge is 2.09. The van der Waals surface area contributed by atoms with Crippen LogP contribution < -0.4 is 5.32 Å². The molecular formula is C18H21N5O. The number of carbonyl (C=O) groups excluding carboxylic acids is 1. The van der Waals surface area contributed by atoms with Crippen molar-refractivity contribution < 1.29 is 4.79 Å². The van der Waals surface area contributed by atoms with E-state index in [4.69, 9.17) is 0 Å². The van der Waals surface area contributed by atoms with Gasteiger partial charge in [0.05, 0.1) is 12.2 Å². The van der Waals surface area contributed by atoms with Crippen molar-refractivity contribution in [3.05, 3.63) is 65.1 Å². The van der Waals surface area contributed by atoms with Crippen molar-refractivity contribution in [2.75, 3.05) is 5.32 Å². The molecular weight excluding hydrogens is 302 g/mol. The maximum atomic E-state index is 12.1. The van der Waals surface area contributed by atoms with Gasteiger partial charge in [-0.25, -0.2) is 0 Å². The first-order valence-corrected chi connectivity index (χ1v) is 7.89. The predicted molar refractivity (Wildman–Crippen MR) is 92.8 cm³/mol. The van der Waals surface area contributed by atoms with E-state index in [0.29, 0.717) is 12.4 Å². The molecule has 1 N–H and O–H groups in total. The Kier molecular flexibility index (Phi) is 4.46. The third-order valence-electron chi connectivity index (χ3n) is 3.73. The van der Waals surface area contributed by atoms with E-state index >= 15 is 0 Å². The van der Waals surface area contributed by atoms with Gasteiger partial charge >= 0.3 is 0 Å². The number of anilines is 1. The zero-order valence-electron chi connectivity index (χ0n) is 14.2. The fourth-order valence-corrected chi connectivity index (χ4v) is 2.67. The number of benzene rings is 1. The summed E-state index contributed by atoms with van der Waals surface area (Å²) >= 11 is 0. The van der Waals surface area contributed by atoms with Crippen LogP contribution in [0.2, 0.25) is 0 Å². The second kappa shape index (κ2) is 6.70. The molecule has 0 radical (unpaired) electrons. The third kappa shape index (κ3) is 3.90. The highest BCUT2D eigenvalue weighted by molar-refractivity contribution is 5.89. The minimum Gasteiger partial charge on any atom is -0.308 e. The average molecular weight is 323 g/mol. The molecule has 0 aliphatic heterocycles. The summed E-state index contributed by atoms with van der Waals surface area (Å²) in [6.07, 6.45) is 1.86. The van der Waals surface area contributed by atoms with Gasteiger partial charge in [0.1, 0.15) is 6.54 Å². The van der Waals surface area contributed by atoms with E-state index in [1.54, 1.807) is 10.7 Å². The third-order valence-corrected chi connectivity index (χ3v) is 3.73. The van der Waals surface area contributed by atoms with Crippen LogP contribution in [-0.4, -0.2) is 25.5 Å². The Morgan fingerprint density at radius 2 is 1.96 bits per heavy atom. The molecule has 0 unspecified atom stereocenters. The van der Waals surface area contributed by atoms with Gasteiger partial charge in [0.15, 0.2) is 5.82 Å². The standard InChI is InChI=1S/C18H21N5O/c1-13-5-4-6-16(9-13)11-22-8-7-17(21-22)19-18(24)12-23-15(3)10-14(2)20-23/h4-10H,11-12H2,1-3H3,(H,19,21,24). The molecule has 0 saturated carbocycles. The van der Waals surface area contributed by atoms with Gasteiger partial charge in [-0.1, -0.05) is 29.8 Å². The number of hydrogen-bond acceptors (Lipinski definition) is 3. The van der Waals surface area contributed by atoms with Gasteiger partial charge in [-0.05, 0) is 32.4 Å². The molecule has 0 aliphatic carbocycles. The largest absolute Gasteiger partial charge is 0.308 e. The predicted octanol–water partition coefficient (Wildman–Crippen LogP) is 2.69. The summed E-state index contributed by atoms with van der Waals surface area (Å²) in [7, 11) is 0. The van der Waals surface area contributed by atoms with Gasteiger partial charge in [0.2, 0.25) is 5.91 Å². The lowest BCUT2D eigenvalue weighted by Crippen LogP contribution is -2.20. The second-order valence-electron chi connectivity index (χ2n) is 6.02. The number of amides is 1. The van der Waals surface area contributed by atoms with Crippen molar-refractivity contribution >= 4 is 11.7 Å². The monoisotopic (exact) mass is 323 g/mol. The molecule has 0 aliphatic rings. The van der Waals surface area contributed by atoms with Crippen molar-refractivity contribution in [2.24, 2.45) is 0 Å². The quantitative estimate of drug-likeness (QED) is 0.785. The number of aromatic nitrogens is 4. The normalized spacial score (nSPS) is 10.8. The second-order valence-corrected chi connectivity index (χ2v) is 6.02. The van der Waals surface area contributed by atoms with E-state index in [9.17, 15) is 4.79 Å². The molecule has 2 heterocycles. The number of carbonyl (C=O) groups is 1. The highest BCUT2D eigenvalue weighted by Crippen LogP contribution is 2.09. The molecule has 0 fully saturated rings. The first-order chi connectivity index (χ1) is 11.5. The van der Waals surface area contributed by atoms with Crippen molar-refractivity contribution in [1.29, 1.82) is 0 Å². The minimum atomic E-state index is -0.137. The van der Waals surface area contributed by atoms with Crippen LogP contribution in [0.1, 0.15) is 22.5 Å². The Morgan fingerprint density at radius 3 is 2.67 bits per heavy atom. The first-order valence-electron chi connectivity index (χ1n) is 7.89. The van der Waals surface area contributed by atoms with Crippen LogP contribution in [0.4, 0.5) is 5.82 Å². The Balaban J connectivity index is 1.61. The van der Waals surface area contributed by atoms with Crippen LogP contribution in [0, 0.1) is 20.8 Å². The van der Waals surface area contributed by atoms with Gasteiger partial charge in [-0.2, -0.15) is 10.2 Å². The Hall–Kier alpha value is -2.89. The summed E-state index contributed by atoms with van der Waals surface area (Å²) in [5, 5.41) is 11.5. The van der Waals surface area contributed by atoms with Crippen molar-refractivity contribution in [3.63, 3.8) is 0 Å². The van der Waals surface area contributed by atoms with Crippen molar-refractivity contribution in [3.8, 4) is 0 Å². The van der Waals surface area contributed by atoms with Crippen LogP contribution in [-0.2, 0) is 17.9 Å². The van der Waals surface area contributed by atoms with Gasteiger partial charge in [0, 0.05) is 18.0 Å². The summed E-state index contributed by atoms with van der Waals surface area (Å²) in [6, 6.07) is 12.0. The SMILES string of the molecule is Cc1cccc(Cn2ccc(NC(=O)Cn3nc(C)cc3C)n2)c1. The lowest BCUT2D eigenvalue weighted by atomic mass is 10.1. The van der Waals surface area contributed by atoms with E-state index in [2.05, 4.69) is 40.6 Å². The summed E-state index contributed by atoms with van der Waals surface area (Å²) in [6.45, 7) is 6.77. The Labute approximate surface area is 141 Å². The fraction of sp³-hybridized carbons (Fsp3) is 0.278. The molecule has 1 aromatic carbocycles. The zero-order chi connectivity index (χ0) is 17.1. The van der Waals surface area contributed by atoms with E-state index in [-0.39, 0.29) is 12.5 Å². The Morgan fingerprint density at radius 1 is 1.12 bits per heavy atom. The summed E-state index contributed by atoms with van der Waals surface area (Å²) in [5.74, 6) is 0.413. The maximum absolute atomic E-state index is 12.1. The number of rotatable bonds is 5. The van der Waals surface area contributed by atoms with E-state index in [1.807, 2.05) is 36.9 Å². The van der Waals surface area contributed by atoms with Crippen LogP contribution in [0.25, 0.3) is 0 Å². The number of aryl methyl sites for hydroxylation is 3. The molecule has 1 amide bonds. The zero-order valence-corrected chi connectivity index (χ0v) is 14.2. The lowest BCUT2D eigenvalue weighted by Gasteiger charge is -2.05. The van der Waals surface area contributed by atoms with Gasteiger partial charge in [0.25, 0.3) is 0 Å². The molecule has 24 heavy (non-hydrogen) atoms. The van der Waals surface area contributed by atoms with Crippen LogP contribution >= 0.6 is 0 Å². The van der Waals surface area contributed by atoms with Gasteiger partial charge in [-0.15, -0.1) is 0 Å². The summed E-state index contributed by atoms with van der Waals surface area (Å²) in [4.78, 5) is 12.1. The molecule has 124 valence electrons. The topological polar surface area (TPSA) is 64.7 Å². The molecule has 3 rings (SSSR count). The maximum Gasteiger partial charge on any atom is 0.247 e. The number of hydrogen-bond donors (Lipinski definition) is 1. The van der Waals surface area contributed by atoms with Gasteiger partial charge in [-0.3, -0.25) is 14.2 Å². The highest BCUT2D eigenvalue weighted by atomic mass is 16.2. The van der Waals surface area contributed by atoms with Crippen LogP contribution in [0.15, 0.2) is 42.6 Å². The fourth-order valence-electron chi connectivity index (χ4n) is 2.67. The van der Waals surface area contributed by atoms with Crippen LogP contribution in [0.3, 0.4) is 0 Å². The molecule has 6 heteroatoms. The molecule has 3 aromatic rings. The van der Waals surface area contributed by atoms with E-state index in [1.165, 1.54) is 11.1 Å². The molecule has 0 atom stereocenters. The molecule has 2 aromatic heterocycles. The lowest BCUT2D eigenvalue weighted by molar-refractivity contribution is -0.117. The molecule has 6 nitrogen and oxygen atoms in total. The number of nitrogens with one attached hydrogen (secondary N) is 1. The minimum absolute atomic E-state index is 0.137. The number of nitrogens with zero attached hydrogens (tertiary/aromatic N) is 4. The molecule has 0 saturated heterocycles.